The van der Waals surface area contributed by atoms with E-state index in [1.807, 2.05) is 32.3 Å². The third kappa shape index (κ3) is 6.29. The maximum atomic E-state index is 16.1. The van der Waals surface area contributed by atoms with Gasteiger partial charge in [-0.25, -0.2) is 14.2 Å². The summed E-state index contributed by atoms with van der Waals surface area (Å²) in [7, 11) is 3.61. The monoisotopic (exact) mass is 623 g/mol. The SMILES string of the molecule is Cc1ccncc1-c1cc2cc(Nc3cc4n(n3)CC(=O)N(C)C/C4=C\c3cnn(C)c3)ncc2c(NC(=O)OC(C)(C)C)c1F. The number of hydrogen-bond donors (Lipinski definition) is 2. The Bertz CT molecular complexity index is 2020. The number of aromatic nitrogens is 6. The molecule has 13 heteroatoms. The molecule has 0 spiro atoms. The first-order valence-electron chi connectivity index (χ1n) is 14.7. The van der Waals surface area contributed by atoms with Crippen molar-refractivity contribution in [3.8, 4) is 11.1 Å². The van der Waals surface area contributed by atoms with Crippen molar-refractivity contribution in [2.45, 2.75) is 39.8 Å². The minimum absolute atomic E-state index is 0.0504. The highest BCUT2D eigenvalue weighted by molar-refractivity contribution is 6.04. The lowest BCUT2D eigenvalue weighted by atomic mass is 9.98. The summed E-state index contributed by atoms with van der Waals surface area (Å²) >= 11 is 0. The molecule has 0 fully saturated rings. The van der Waals surface area contributed by atoms with E-state index in [4.69, 9.17) is 4.74 Å². The predicted octanol–water partition coefficient (Wildman–Crippen LogP) is 5.78. The highest BCUT2D eigenvalue weighted by Gasteiger charge is 2.25. The molecule has 5 aromatic rings. The summed E-state index contributed by atoms with van der Waals surface area (Å²) in [5.74, 6) is 0.219. The molecule has 0 aliphatic carbocycles. The molecule has 4 aromatic heterocycles. The van der Waals surface area contributed by atoms with Gasteiger partial charge in [0.15, 0.2) is 11.6 Å². The number of fused-ring (bicyclic) bond motifs is 2. The predicted molar refractivity (Wildman–Crippen MR) is 174 cm³/mol. The van der Waals surface area contributed by atoms with E-state index in [0.29, 0.717) is 34.5 Å². The first kappa shape index (κ1) is 30.4. The lowest BCUT2D eigenvalue weighted by molar-refractivity contribution is -0.129. The number of hydrogen-bond acceptors (Lipinski definition) is 8. The van der Waals surface area contributed by atoms with Gasteiger partial charge in [0.2, 0.25) is 5.91 Å². The average molecular weight is 624 g/mol. The molecule has 0 bridgehead atoms. The molecule has 12 nitrogen and oxygen atoms in total. The number of carbonyl (C=O) groups excluding carboxylic acids is 2. The van der Waals surface area contributed by atoms with Crippen LogP contribution in [-0.4, -0.2) is 65.6 Å². The molecule has 46 heavy (non-hydrogen) atoms. The average Bonchev–Trinajstić information content (AvgIpc) is 3.55. The second-order valence-corrected chi connectivity index (χ2v) is 12.3. The Labute approximate surface area is 264 Å². The molecule has 0 unspecified atom stereocenters. The number of carbonyl (C=O) groups is 2. The van der Waals surface area contributed by atoms with Gasteiger partial charge in [-0.3, -0.25) is 24.5 Å². The molecule has 1 aliphatic heterocycles. The number of amides is 2. The van der Waals surface area contributed by atoms with E-state index in [2.05, 4.69) is 30.8 Å². The largest absolute Gasteiger partial charge is 0.444 e. The van der Waals surface area contributed by atoms with Gasteiger partial charge in [-0.15, -0.1) is 0 Å². The van der Waals surface area contributed by atoms with Crippen molar-refractivity contribution < 1.29 is 18.7 Å². The number of ether oxygens (including phenoxy) is 1. The van der Waals surface area contributed by atoms with Crippen LogP contribution in [0.1, 0.15) is 37.6 Å². The minimum Gasteiger partial charge on any atom is -0.444 e. The summed E-state index contributed by atoms with van der Waals surface area (Å²) in [6, 6.07) is 7.11. The van der Waals surface area contributed by atoms with Crippen molar-refractivity contribution in [2.75, 3.05) is 24.2 Å². The van der Waals surface area contributed by atoms with Crippen molar-refractivity contribution in [1.29, 1.82) is 0 Å². The van der Waals surface area contributed by atoms with Gasteiger partial charge in [0.1, 0.15) is 18.0 Å². The highest BCUT2D eigenvalue weighted by atomic mass is 19.1. The Morgan fingerprint density at radius 1 is 1.07 bits per heavy atom. The summed E-state index contributed by atoms with van der Waals surface area (Å²) in [6.07, 6.45) is 9.57. The normalized spacial score (nSPS) is 14.4. The van der Waals surface area contributed by atoms with Crippen LogP contribution in [0.4, 0.5) is 26.5 Å². The third-order valence-corrected chi connectivity index (χ3v) is 7.47. The minimum atomic E-state index is -0.787. The fourth-order valence-corrected chi connectivity index (χ4v) is 5.31. The molecule has 5 heterocycles. The Hall–Kier alpha value is -5.59. The molecule has 6 rings (SSSR count). The second-order valence-electron chi connectivity index (χ2n) is 12.3. The van der Waals surface area contributed by atoms with Gasteiger partial charge >= 0.3 is 6.09 Å². The van der Waals surface area contributed by atoms with Gasteiger partial charge in [0.25, 0.3) is 0 Å². The van der Waals surface area contributed by atoms with Crippen molar-refractivity contribution in [3.63, 3.8) is 0 Å². The molecule has 2 amide bonds. The Morgan fingerprint density at radius 3 is 2.59 bits per heavy atom. The Morgan fingerprint density at radius 2 is 1.87 bits per heavy atom. The number of likely N-dealkylation sites (N-methyl/N-ethyl adjacent to an activating group) is 1. The number of pyridine rings is 2. The van der Waals surface area contributed by atoms with Gasteiger partial charge in [0, 0.05) is 73.6 Å². The number of nitrogens with one attached hydrogen (secondary N) is 2. The molecule has 2 N–H and O–H groups in total. The summed E-state index contributed by atoms with van der Waals surface area (Å²) < 4.78 is 24.9. The van der Waals surface area contributed by atoms with Gasteiger partial charge < -0.3 is 15.0 Å². The molecule has 236 valence electrons. The first-order chi connectivity index (χ1) is 21.8. The van der Waals surface area contributed by atoms with Gasteiger partial charge in [-0.1, -0.05) is 0 Å². The summed E-state index contributed by atoms with van der Waals surface area (Å²) in [6.45, 7) is 7.55. The molecular formula is C33H34FN9O3. The maximum absolute atomic E-state index is 16.1. The summed E-state index contributed by atoms with van der Waals surface area (Å²) in [5, 5.41) is 15.7. The van der Waals surface area contributed by atoms with Crippen LogP contribution in [0.3, 0.4) is 0 Å². The summed E-state index contributed by atoms with van der Waals surface area (Å²) in [5.41, 5.74) is 3.43. The third-order valence-electron chi connectivity index (χ3n) is 7.47. The number of nitrogens with zero attached hydrogens (tertiary/aromatic N) is 7. The smallest absolute Gasteiger partial charge is 0.412 e. The topological polar surface area (TPSA) is 132 Å². The molecule has 1 aromatic carbocycles. The first-order valence-corrected chi connectivity index (χ1v) is 14.7. The van der Waals surface area contributed by atoms with E-state index in [-0.39, 0.29) is 23.7 Å². The van der Waals surface area contributed by atoms with Crippen LogP contribution in [0.5, 0.6) is 0 Å². The lowest BCUT2D eigenvalue weighted by Crippen LogP contribution is -2.28. The van der Waals surface area contributed by atoms with Crippen molar-refractivity contribution >= 4 is 51.7 Å². The summed E-state index contributed by atoms with van der Waals surface area (Å²) in [4.78, 5) is 35.9. The molecular weight excluding hydrogens is 589 g/mol. The fourth-order valence-electron chi connectivity index (χ4n) is 5.31. The van der Waals surface area contributed by atoms with Gasteiger partial charge in [-0.05, 0) is 68.5 Å². The van der Waals surface area contributed by atoms with Gasteiger partial charge in [0.05, 0.1) is 17.6 Å². The fraction of sp³-hybridized carbons (Fsp3) is 0.273. The van der Waals surface area contributed by atoms with Crippen LogP contribution < -0.4 is 10.6 Å². The number of aryl methyl sites for hydroxylation is 2. The van der Waals surface area contributed by atoms with Crippen LogP contribution in [0, 0.1) is 12.7 Å². The number of rotatable bonds is 5. The standard InChI is InChI=1S/C33H34FN9O3/c1-19-7-8-35-14-24(19)23-10-21-11-27(36-15-25(21)31(30(23)34)39-32(45)46-33(2,3)4)38-28-12-26-22(9-20-13-37-42(6)16-20)17-41(5)29(44)18-43(26)40-28/h7-16H,17-18H2,1-6H3,(H,39,45)(H,36,38,40)/b22-9+. The highest BCUT2D eigenvalue weighted by Crippen LogP contribution is 2.37. The van der Waals surface area contributed by atoms with Crippen molar-refractivity contribution in [1.82, 2.24) is 34.4 Å². The zero-order valence-electron chi connectivity index (χ0n) is 26.4. The molecule has 0 atom stereocenters. The van der Waals surface area contributed by atoms with E-state index in [1.165, 1.54) is 6.20 Å². The number of anilines is 3. The number of benzene rings is 1. The number of halogens is 1. The van der Waals surface area contributed by atoms with E-state index >= 15 is 4.39 Å². The Kier molecular flexibility index (Phi) is 7.76. The maximum Gasteiger partial charge on any atom is 0.412 e. The lowest BCUT2D eigenvalue weighted by Gasteiger charge is -2.21. The van der Waals surface area contributed by atoms with Crippen LogP contribution >= 0.6 is 0 Å². The van der Waals surface area contributed by atoms with E-state index in [0.717, 1.165) is 22.4 Å². The van der Waals surface area contributed by atoms with Crippen LogP contribution in [0.25, 0.3) is 33.5 Å². The van der Waals surface area contributed by atoms with Crippen molar-refractivity contribution in [2.24, 2.45) is 7.05 Å². The van der Waals surface area contributed by atoms with Gasteiger partial charge in [-0.2, -0.15) is 10.2 Å². The van der Waals surface area contributed by atoms with Crippen molar-refractivity contribution in [3.05, 3.63) is 77.9 Å². The second kappa shape index (κ2) is 11.7. The molecule has 0 saturated heterocycles. The van der Waals surface area contributed by atoms with E-state index < -0.39 is 17.5 Å². The van der Waals surface area contributed by atoms with Crippen LogP contribution in [0.2, 0.25) is 0 Å². The van der Waals surface area contributed by atoms with Crippen LogP contribution in [-0.2, 0) is 23.1 Å². The molecule has 0 saturated carbocycles. The van der Waals surface area contributed by atoms with E-state index in [9.17, 15) is 9.59 Å². The molecule has 1 aliphatic rings. The Balaban J connectivity index is 1.40. The van der Waals surface area contributed by atoms with Crippen LogP contribution in [0.15, 0.2) is 55.2 Å². The van der Waals surface area contributed by atoms with E-state index in [1.54, 1.807) is 78.9 Å². The zero-order chi connectivity index (χ0) is 32.7. The molecule has 0 radical (unpaired) electrons. The quantitative estimate of drug-likeness (QED) is 0.252. The zero-order valence-corrected chi connectivity index (χ0v) is 26.4.